The van der Waals surface area contributed by atoms with E-state index in [9.17, 15) is 4.79 Å². The summed E-state index contributed by atoms with van der Waals surface area (Å²) in [5.41, 5.74) is 3.58. The average Bonchev–Trinajstić information content (AvgIpc) is 2.99. The molecule has 0 spiro atoms. The Kier molecular flexibility index (Phi) is 4.07. The molecule has 0 saturated carbocycles. The average molecular weight is 351 g/mol. The van der Waals surface area contributed by atoms with Crippen LogP contribution in [0.1, 0.15) is 40.9 Å². The maximum atomic E-state index is 12.6. The highest BCUT2D eigenvalue weighted by atomic mass is 16.5. The number of cyclic esters (lactones) is 1. The molecule has 5 heteroatoms. The first-order valence-corrected chi connectivity index (χ1v) is 8.64. The Labute approximate surface area is 152 Å². The van der Waals surface area contributed by atoms with Crippen LogP contribution in [0.25, 0.3) is 5.52 Å². The van der Waals surface area contributed by atoms with Crippen LogP contribution >= 0.6 is 0 Å². The smallest absolute Gasteiger partial charge is 0.340 e. The van der Waals surface area contributed by atoms with Crippen LogP contribution in [0.5, 0.6) is 11.5 Å². The molecule has 26 heavy (non-hydrogen) atoms. The van der Waals surface area contributed by atoms with Gasteiger partial charge in [-0.25, -0.2) is 4.79 Å². The largest absolute Gasteiger partial charge is 0.497 e. The maximum Gasteiger partial charge on any atom is 0.340 e. The monoisotopic (exact) mass is 351 g/mol. The van der Waals surface area contributed by atoms with Gasteiger partial charge in [0.15, 0.2) is 0 Å². The van der Waals surface area contributed by atoms with E-state index < -0.39 is 0 Å². The molecular formula is C21H21NO4. The van der Waals surface area contributed by atoms with Crippen molar-refractivity contribution in [2.45, 2.75) is 25.4 Å². The van der Waals surface area contributed by atoms with Gasteiger partial charge in [-0.2, -0.15) is 0 Å². The quantitative estimate of drug-likeness (QED) is 0.668. The Balaban J connectivity index is 1.96. The molecule has 1 aromatic carbocycles. The number of benzene rings is 1. The number of hydrogen-bond donors (Lipinski definition) is 0. The minimum absolute atomic E-state index is 0.0136. The highest BCUT2D eigenvalue weighted by Gasteiger charge is 2.32. The topological polar surface area (TPSA) is 49.2 Å². The minimum atomic E-state index is -0.270. The number of ether oxygens (including phenoxy) is 3. The van der Waals surface area contributed by atoms with Crippen LogP contribution in [0.3, 0.4) is 0 Å². The Bertz CT molecular complexity index is 953. The van der Waals surface area contributed by atoms with Gasteiger partial charge in [0.1, 0.15) is 17.6 Å². The molecule has 3 aromatic rings. The van der Waals surface area contributed by atoms with E-state index in [1.54, 1.807) is 14.2 Å². The summed E-state index contributed by atoms with van der Waals surface area (Å²) in [5.74, 6) is 1.17. The van der Waals surface area contributed by atoms with Gasteiger partial charge >= 0.3 is 5.97 Å². The Hall–Kier alpha value is -2.95. The van der Waals surface area contributed by atoms with E-state index in [0.29, 0.717) is 12.0 Å². The van der Waals surface area contributed by atoms with E-state index in [1.807, 2.05) is 55.6 Å². The lowest BCUT2D eigenvalue weighted by Gasteiger charge is -2.20. The second kappa shape index (κ2) is 6.41. The number of methoxy groups -OCH3 is 2. The molecule has 0 N–H and O–H groups in total. The van der Waals surface area contributed by atoms with Crippen LogP contribution < -0.4 is 9.47 Å². The van der Waals surface area contributed by atoms with E-state index in [4.69, 9.17) is 14.2 Å². The number of rotatable bonds is 3. The summed E-state index contributed by atoms with van der Waals surface area (Å²) in [6.07, 6.45) is 2.49. The second-order valence-electron chi connectivity index (χ2n) is 6.59. The molecule has 5 nitrogen and oxygen atoms in total. The molecule has 4 rings (SSSR count). The zero-order chi connectivity index (χ0) is 18.3. The van der Waals surface area contributed by atoms with Crippen LogP contribution in [0, 0.1) is 0 Å². The van der Waals surface area contributed by atoms with Gasteiger partial charge in [0, 0.05) is 29.4 Å². The van der Waals surface area contributed by atoms with Crippen LogP contribution in [-0.4, -0.2) is 30.7 Å². The SMILES string of the molecule is COc1cc(OC)cc(C2CC(C)OC(=O)c3cc4ccccn4c32)c1. The predicted molar refractivity (Wildman–Crippen MR) is 98.3 cm³/mol. The van der Waals surface area contributed by atoms with Crippen LogP contribution in [0.2, 0.25) is 0 Å². The highest BCUT2D eigenvalue weighted by Crippen LogP contribution is 2.39. The van der Waals surface area contributed by atoms with Crippen molar-refractivity contribution in [2.75, 3.05) is 14.2 Å². The number of aromatic nitrogens is 1. The molecule has 0 fully saturated rings. The van der Waals surface area contributed by atoms with Gasteiger partial charge in [-0.05, 0) is 49.2 Å². The fraction of sp³-hybridized carbons (Fsp3) is 0.286. The van der Waals surface area contributed by atoms with Gasteiger partial charge in [0.05, 0.1) is 19.8 Å². The predicted octanol–water partition coefficient (Wildman–Crippen LogP) is 4.04. The first-order chi connectivity index (χ1) is 12.6. The van der Waals surface area contributed by atoms with Crippen LogP contribution in [-0.2, 0) is 4.74 Å². The molecule has 0 bridgehead atoms. The Morgan fingerprint density at radius 1 is 1.08 bits per heavy atom. The van der Waals surface area contributed by atoms with Gasteiger partial charge in [0.2, 0.25) is 0 Å². The number of hydrogen-bond acceptors (Lipinski definition) is 4. The molecule has 0 aliphatic carbocycles. The molecule has 2 unspecified atom stereocenters. The van der Waals surface area contributed by atoms with Crippen molar-refractivity contribution >= 4 is 11.5 Å². The van der Waals surface area contributed by atoms with Crippen molar-refractivity contribution in [3.63, 3.8) is 0 Å². The van der Waals surface area contributed by atoms with Crippen LogP contribution in [0.15, 0.2) is 48.7 Å². The third kappa shape index (κ3) is 2.69. The van der Waals surface area contributed by atoms with Gasteiger partial charge in [-0.3, -0.25) is 0 Å². The fourth-order valence-electron chi connectivity index (χ4n) is 3.73. The first-order valence-electron chi connectivity index (χ1n) is 8.64. The zero-order valence-corrected chi connectivity index (χ0v) is 15.1. The third-order valence-corrected chi connectivity index (χ3v) is 4.92. The lowest BCUT2D eigenvalue weighted by molar-refractivity contribution is 0.0339. The van der Waals surface area contributed by atoms with Crippen LogP contribution in [0.4, 0.5) is 0 Å². The lowest BCUT2D eigenvalue weighted by Crippen LogP contribution is -2.13. The molecule has 0 saturated heterocycles. The van der Waals surface area contributed by atoms with Gasteiger partial charge in [-0.1, -0.05) is 6.07 Å². The number of nitrogens with zero attached hydrogens (tertiary/aromatic N) is 1. The summed E-state index contributed by atoms with van der Waals surface area (Å²) >= 11 is 0. The number of esters is 1. The maximum absolute atomic E-state index is 12.6. The lowest BCUT2D eigenvalue weighted by atomic mass is 9.89. The zero-order valence-electron chi connectivity index (χ0n) is 15.1. The molecule has 2 atom stereocenters. The molecule has 3 heterocycles. The number of pyridine rings is 1. The second-order valence-corrected chi connectivity index (χ2v) is 6.59. The minimum Gasteiger partial charge on any atom is -0.497 e. The van der Waals surface area contributed by atoms with E-state index in [0.717, 1.165) is 28.3 Å². The Morgan fingerprint density at radius 2 is 1.81 bits per heavy atom. The number of carbonyl (C=O) groups is 1. The standard InChI is InChI=1S/C21H21NO4/c1-13-8-18(14-9-16(24-2)12-17(10-14)25-3)20-19(21(23)26-13)11-15-6-4-5-7-22(15)20/h4-7,9-13,18H,8H2,1-3H3. The van der Waals surface area contributed by atoms with Crippen molar-refractivity contribution < 1.29 is 19.0 Å². The fourth-order valence-corrected chi connectivity index (χ4v) is 3.73. The first kappa shape index (κ1) is 16.5. The molecule has 0 amide bonds. The highest BCUT2D eigenvalue weighted by molar-refractivity contribution is 5.94. The van der Waals surface area contributed by atoms with Crippen molar-refractivity contribution in [1.82, 2.24) is 4.40 Å². The van der Waals surface area contributed by atoms with Gasteiger partial charge in [0.25, 0.3) is 0 Å². The van der Waals surface area contributed by atoms with Crippen molar-refractivity contribution in [2.24, 2.45) is 0 Å². The molecular weight excluding hydrogens is 330 g/mol. The third-order valence-electron chi connectivity index (χ3n) is 4.92. The number of carbonyl (C=O) groups excluding carboxylic acids is 1. The Morgan fingerprint density at radius 3 is 2.50 bits per heavy atom. The van der Waals surface area contributed by atoms with E-state index in [2.05, 4.69) is 4.40 Å². The van der Waals surface area contributed by atoms with E-state index in [-0.39, 0.29) is 18.0 Å². The molecule has 1 aliphatic heterocycles. The molecule has 2 aromatic heterocycles. The summed E-state index contributed by atoms with van der Waals surface area (Å²) < 4.78 is 18.6. The van der Waals surface area contributed by atoms with Crippen molar-refractivity contribution in [3.8, 4) is 11.5 Å². The normalized spacial score (nSPS) is 19.6. The van der Waals surface area contributed by atoms with Crippen molar-refractivity contribution in [1.29, 1.82) is 0 Å². The molecule has 1 aliphatic rings. The van der Waals surface area contributed by atoms with Gasteiger partial charge < -0.3 is 18.6 Å². The van der Waals surface area contributed by atoms with E-state index >= 15 is 0 Å². The molecule has 0 radical (unpaired) electrons. The summed E-state index contributed by atoms with van der Waals surface area (Å²) in [5, 5.41) is 0. The summed E-state index contributed by atoms with van der Waals surface area (Å²) in [7, 11) is 3.28. The van der Waals surface area contributed by atoms with Gasteiger partial charge in [-0.15, -0.1) is 0 Å². The van der Waals surface area contributed by atoms with Crippen molar-refractivity contribution in [3.05, 3.63) is 65.5 Å². The van der Waals surface area contributed by atoms with E-state index in [1.165, 1.54) is 0 Å². The summed E-state index contributed by atoms with van der Waals surface area (Å²) in [4.78, 5) is 12.6. The molecule has 134 valence electrons. The number of fused-ring (bicyclic) bond motifs is 3. The summed E-state index contributed by atoms with van der Waals surface area (Å²) in [6.45, 7) is 1.93. The summed E-state index contributed by atoms with van der Waals surface area (Å²) in [6, 6.07) is 13.7.